The molecule has 1 heterocycles. The predicted molar refractivity (Wildman–Crippen MR) is 73.0 cm³/mol. The maximum atomic E-state index is 12.0. The summed E-state index contributed by atoms with van der Waals surface area (Å²) >= 11 is 0. The van der Waals surface area contributed by atoms with Gasteiger partial charge in [-0.15, -0.1) is 0 Å². The third kappa shape index (κ3) is 3.77. The van der Waals surface area contributed by atoms with Crippen LogP contribution in [0.5, 0.6) is 0 Å². The molecule has 0 bridgehead atoms. The Labute approximate surface area is 117 Å². The quantitative estimate of drug-likeness (QED) is 0.758. The third-order valence-electron chi connectivity index (χ3n) is 3.59. The van der Waals surface area contributed by atoms with Crippen molar-refractivity contribution < 1.29 is 14.7 Å². The van der Waals surface area contributed by atoms with Gasteiger partial charge in [0.15, 0.2) is 0 Å². The van der Waals surface area contributed by atoms with Crippen LogP contribution in [0.3, 0.4) is 0 Å². The number of amides is 1. The van der Waals surface area contributed by atoms with Crippen LogP contribution in [0.2, 0.25) is 0 Å². The summed E-state index contributed by atoms with van der Waals surface area (Å²) in [6.45, 7) is 0.242. The highest BCUT2D eigenvalue weighted by Crippen LogP contribution is 2.23. The van der Waals surface area contributed by atoms with Gasteiger partial charge in [0.1, 0.15) is 0 Å². The summed E-state index contributed by atoms with van der Waals surface area (Å²) in [4.78, 5) is 26.9. The van der Waals surface area contributed by atoms with Crippen LogP contribution in [0.15, 0.2) is 18.3 Å². The molecule has 1 amide bonds. The van der Waals surface area contributed by atoms with Crippen LogP contribution in [0.4, 0.5) is 0 Å². The summed E-state index contributed by atoms with van der Waals surface area (Å²) in [5.41, 5.74) is 6.58. The minimum absolute atomic E-state index is 0.0253. The lowest BCUT2D eigenvalue weighted by atomic mass is 9.85. The number of aromatic carboxylic acids is 1. The third-order valence-corrected chi connectivity index (χ3v) is 3.59. The van der Waals surface area contributed by atoms with Gasteiger partial charge in [-0.2, -0.15) is 0 Å². The maximum Gasteiger partial charge on any atom is 0.335 e. The smallest absolute Gasteiger partial charge is 0.335 e. The molecule has 1 aliphatic carbocycles. The number of nitrogens with two attached hydrogens (primary N) is 1. The summed E-state index contributed by atoms with van der Waals surface area (Å²) < 4.78 is 0. The number of aromatic nitrogens is 1. The Morgan fingerprint density at radius 3 is 2.95 bits per heavy atom. The largest absolute Gasteiger partial charge is 0.478 e. The standard InChI is InChI=1S/C14H19N3O3/c15-11-3-1-2-9(6-11)13(18)17-8-12-7-10(14(19)20)4-5-16-12/h4-5,7,9,11H,1-3,6,8,15H2,(H,17,18)(H,19,20). The molecule has 0 spiro atoms. The number of nitrogens with zero attached hydrogens (tertiary/aromatic N) is 1. The van der Waals surface area contributed by atoms with Crippen LogP contribution in [0.1, 0.15) is 41.7 Å². The maximum absolute atomic E-state index is 12.0. The summed E-state index contributed by atoms with van der Waals surface area (Å²) in [6.07, 6.45) is 4.97. The van der Waals surface area contributed by atoms with Gasteiger partial charge in [0.25, 0.3) is 0 Å². The van der Waals surface area contributed by atoms with Crippen molar-refractivity contribution in [2.45, 2.75) is 38.3 Å². The van der Waals surface area contributed by atoms with E-state index in [-0.39, 0.29) is 30.0 Å². The number of rotatable bonds is 4. The molecule has 6 nitrogen and oxygen atoms in total. The first kappa shape index (κ1) is 14.5. The summed E-state index contributed by atoms with van der Waals surface area (Å²) in [7, 11) is 0. The fraction of sp³-hybridized carbons (Fsp3) is 0.500. The SMILES string of the molecule is NC1CCCC(C(=O)NCc2cc(C(=O)O)ccn2)C1. The van der Waals surface area contributed by atoms with Crippen LogP contribution in [-0.4, -0.2) is 28.0 Å². The highest BCUT2D eigenvalue weighted by Gasteiger charge is 2.25. The van der Waals surface area contributed by atoms with E-state index in [1.54, 1.807) is 0 Å². The zero-order valence-electron chi connectivity index (χ0n) is 11.2. The average molecular weight is 277 g/mol. The lowest BCUT2D eigenvalue weighted by Crippen LogP contribution is -2.37. The molecule has 2 rings (SSSR count). The van der Waals surface area contributed by atoms with Crippen molar-refractivity contribution in [1.29, 1.82) is 0 Å². The van der Waals surface area contributed by atoms with Crippen molar-refractivity contribution in [3.8, 4) is 0 Å². The highest BCUT2D eigenvalue weighted by atomic mass is 16.4. The van der Waals surface area contributed by atoms with Crippen LogP contribution in [0, 0.1) is 5.92 Å². The van der Waals surface area contributed by atoms with E-state index in [9.17, 15) is 9.59 Å². The molecule has 1 aliphatic rings. The molecule has 2 atom stereocenters. The van der Waals surface area contributed by atoms with Gasteiger partial charge < -0.3 is 16.2 Å². The number of hydrogen-bond acceptors (Lipinski definition) is 4. The number of carboxylic acid groups (broad SMARTS) is 1. The van der Waals surface area contributed by atoms with Crippen molar-refractivity contribution in [3.05, 3.63) is 29.6 Å². The fourth-order valence-electron chi connectivity index (χ4n) is 2.50. The van der Waals surface area contributed by atoms with Gasteiger partial charge in [-0.25, -0.2) is 4.79 Å². The Hall–Kier alpha value is -1.95. The lowest BCUT2D eigenvalue weighted by Gasteiger charge is -2.25. The van der Waals surface area contributed by atoms with Gasteiger partial charge in [0.2, 0.25) is 5.91 Å². The van der Waals surface area contributed by atoms with E-state index in [0.717, 1.165) is 19.3 Å². The lowest BCUT2D eigenvalue weighted by molar-refractivity contribution is -0.126. The predicted octanol–water partition coefficient (Wildman–Crippen LogP) is 0.913. The average Bonchev–Trinajstić information content (AvgIpc) is 2.45. The van der Waals surface area contributed by atoms with Gasteiger partial charge in [-0.1, -0.05) is 6.42 Å². The number of nitrogens with one attached hydrogen (secondary N) is 1. The second-order valence-corrected chi connectivity index (χ2v) is 5.18. The molecule has 2 unspecified atom stereocenters. The van der Waals surface area contributed by atoms with Crippen molar-refractivity contribution in [2.75, 3.05) is 0 Å². The van der Waals surface area contributed by atoms with Crippen molar-refractivity contribution >= 4 is 11.9 Å². The molecule has 1 aromatic rings. The first-order valence-corrected chi connectivity index (χ1v) is 6.78. The van der Waals surface area contributed by atoms with E-state index in [1.165, 1.54) is 18.3 Å². The zero-order chi connectivity index (χ0) is 14.5. The number of carbonyl (C=O) groups excluding carboxylic acids is 1. The van der Waals surface area contributed by atoms with E-state index < -0.39 is 5.97 Å². The Bertz CT molecular complexity index is 504. The van der Waals surface area contributed by atoms with Crippen molar-refractivity contribution in [2.24, 2.45) is 11.7 Å². The minimum atomic E-state index is -1.00. The Morgan fingerprint density at radius 2 is 2.25 bits per heavy atom. The molecule has 1 saturated carbocycles. The molecule has 1 fully saturated rings. The molecule has 0 aromatic carbocycles. The van der Waals surface area contributed by atoms with Crippen molar-refractivity contribution in [3.63, 3.8) is 0 Å². The van der Waals surface area contributed by atoms with Gasteiger partial charge in [0.05, 0.1) is 17.8 Å². The monoisotopic (exact) mass is 277 g/mol. The Balaban J connectivity index is 1.89. The van der Waals surface area contributed by atoms with E-state index in [0.29, 0.717) is 12.1 Å². The second kappa shape index (κ2) is 6.47. The molecular formula is C14H19N3O3. The minimum Gasteiger partial charge on any atom is -0.478 e. The second-order valence-electron chi connectivity index (χ2n) is 5.18. The number of hydrogen-bond donors (Lipinski definition) is 3. The van der Waals surface area contributed by atoms with E-state index >= 15 is 0 Å². The van der Waals surface area contributed by atoms with Gasteiger partial charge in [0, 0.05) is 18.2 Å². The Kier molecular flexibility index (Phi) is 4.68. The van der Waals surface area contributed by atoms with Crippen LogP contribution in [0.25, 0.3) is 0 Å². The molecule has 0 aliphatic heterocycles. The van der Waals surface area contributed by atoms with Gasteiger partial charge in [-0.3, -0.25) is 9.78 Å². The Morgan fingerprint density at radius 1 is 1.45 bits per heavy atom. The molecule has 0 saturated heterocycles. The zero-order valence-corrected chi connectivity index (χ0v) is 11.2. The highest BCUT2D eigenvalue weighted by molar-refractivity contribution is 5.87. The first-order chi connectivity index (χ1) is 9.56. The number of pyridine rings is 1. The molecule has 108 valence electrons. The summed E-state index contributed by atoms with van der Waals surface area (Å²) in [5.74, 6) is -1.07. The molecule has 0 radical (unpaired) electrons. The topological polar surface area (TPSA) is 105 Å². The van der Waals surface area contributed by atoms with Gasteiger partial charge in [-0.05, 0) is 31.4 Å². The number of carboxylic acids is 1. The molecule has 1 aromatic heterocycles. The van der Waals surface area contributed by atoms with Crippen molar-refractivity contribution in [1.82, 2.24) is 10.3 Å². The molecular weight excluding hydrogens is 258 g/mol. The van der Waals surface area contributed by atoms with Crippen LogP contribution < -0.4 is 11.1 Å². The van der Waals surface area contributed by atoms with E-state index in [1.807, 2.05) is 0 Å². The normalized spacial score (nSPS) is 22.2. The summed E-state index contributed by atoms with van der Waals surface area (Å²) in [6, 6.07) is 3.00. The fourth-order valence-corrected chi connectivity index (χ4v) is 2.50. The van der Waals surface area contributed by atoms with Crippen LogP contribution in [-0.2, 0) is 11.3 Å². The summed E-state index contributed by atoms with van der Waals surface area (Å²) in [5, 5.41) is 11.7. The van der Waals surface area contributed by atoms with E-state index in [2.05, 4.69) is 10.3 Å². The number of carbonyl (C=O) groups is 2. The molecule has 4 N–H and O–H groups in total. The first-order valence-electron chi connectivity index (χ1n) is 6.78. The molecule has 6 heteroatoms. The van der Waals surface area contributed by atoms with Crippen LogP contribution >= 0.6 is 0 Å². The van der Waals surface area contributed by atoms with Gasteiger partial charge >= 0.3 is 5.97 Å². The van der Waals surface area contributed by atoms with E-state index in [4.69, 9.17) is 10.8 Å². The molecule has 20 heavy (non-hydrogen) atoms.